The fraction of sp³-hybridized carbons (Fsp3) is 1.00. The van der Waals surface area contributed by atoms with Gasteiger partial charge in [-0.3, -0.25) is 0 Å². The van der Waals surface area contributed by atoms with Gasteiger partial charge in [0.05, 0.1) is 10.9 Å². The number of alkyl halides is 3. The summed E-state index contributed by atoms with van der Waals surface area (Å²) in [6.45, 7) is 0.812. The molecule has 0 bridgehead atoms. The SMILES string of the molecule is ClCC(Br)C(CCl)OCCCC1CC1. The van der Waals surface area contributed by atoms with E-state index in [2.05, 4.69) is 15.9 Å². The summed E-state index contributed by atoms with van der Waals surface area (Å²) in [7, 11) is 0. The van der Waals surface area contributed by atoms with Crippen LogP contribution in [0.1, 0.15) is 25.7 Å². The minimum atomic E-state index is 0.0494. The van der Waals surface area contributed by atoms with Gasteiger partial charge in [-0.2, -0.15) is 0 Å². The first kappa shape index (κ1) is 13.1. The normalized spacial score (nSPS) is 20.8. The monoisotopic (exact) mass is 302 g/mol. The number of rotatable bonds is 8. The maximum Gasteiger partial charge on any atom is 0.0846 e. The van der Waals surface area contributed by atoms with E-state index in [-0.39, 0.29) is 10.9 Å². The quantitative estimate of drug-likeness (QED) is 0.489. The van der Waals surface area contributed by atoms with Gasteiger partial charge in [0.2, 0.25) is 0 Å². The molecule has 1 nitrogen and oxygen atoms in total. The summed E-state index contributed by atoms with van der Waals surface area (Å²) in [4.78, 5) is 0.169. The van der Waals surface area contributed by atoms with Crippen LogP contribution in [-0.2, 0) is 4.74 Å². The summed E-state index contributed by atoms with van der Waals surface area (Å²) in [6, 6.07) is 0. The third-order valence-corrected chi connectivity index (χ3v) is 4.41. The third kappa shape index (κ3) is 5.20. The Bertz CT molecular complexity index is 153. The van der Waals surface area contributed by atoms with Crippen molar-refractivity contribution < 1.29 is 4.74 Å². The highest BCUT2D eigenvalue weighted by Crippen LogP contribution is 2.33. The summed E-state index contributed by atoms with van der Waals surface area (Å²) in [6.07, 6.45) is 5.35. The van der Waals surface area contributed by atoms with Gasteiger partial charge in [-0.25, -0.2) is 0 Å². The molecule has 14 heavy (non-hydrogen) atoms. The summed E-state index contributed by atoms with van der Waals surface area (Å²) in [5.74, 6) is 2.03. The number of halogens is 3. The Morgan fingerprint density at radius 2 is 2.00 bits per heavy atom. The highest BCUT2D eigenvalue weighted by Gasteiger charge is 2.21. The van der Waals surface area contributed by atoms with E-state index in [1.165, 1.54) is 19.3 Å². The molecule has 0 aromatic carbocycles. The molecule has 0 N–H and O–H groups in total. The van der Waals surface area contributed by atoms with Crippen LogP contribution in [0, 0.1) is 5.92 Å². The zero-order valence-corrected chi connectivity index (χ0v) is 11.3. The van der Waals surface area contributed by atoms with Gasteiger partial charge in [0.25, 0.3) is 0 Å². The lowest BCUT2D eigenvalue weighted by molar-refractivity contribution is 0.0679. The van der Waals surface area contributed by atoms with Crippen molar-refractivity contribution in [1.82, 2.24) is 0 Å². The largest absolute Gasteiger partial charge is 0.376 e. The van der Waals surface area contributed by atoms with Gasteiger partial charge < -0.3 is 4.74 Å². The van der Waals surface area contributed by atoms with E-state index in [0.29, 0.717) is 11.8 Å². The van der Waals surface area contributed by atoms with Crippen LogP contribution in [0.15, 0.2) is 0 Å². The Hall–Kier alpha value is 1.02. The van der Waals surface area contributed by atoms with Crippen LogP contribution < -0.4 is 0 Å². The van der Waals surface area contributed by atoms with Crippen molar-refractivity contribution in [3.63, 3.8) is 0 Å². The number of hydrogen-bond acceptors (Lipinski definition) is 1. The first-order chi connectivity index (χ1) is 6.77. The maximum absolute atomic E-state index is 5.78. The third-order valence-electron chi connectivity index (χ3n) is 2.49. The van der Waals surface area contributed by atoms with Crippen LogP contribution in [0.5, 0.6) is 0 Å². The Morgan fingerprint density at radius 1 is 1.29 bits per heavy atom. The second-order valence-electron chi connectivity index (χ2n) is 3.82. The van der Waals surface area contributed by atoms with Crippen LogP contribution in [0.3, 0.4) is 0 Å². The first-order valence-corrected chi connectivity index (χ1v) is 7.14. The topological polar surface area (TPSA) is 9.23 Å². The van der Waals surface area contributed by atoms with Gasteiger partial charge in [-0.15, -0.1) is 23.2 Å². The fourth-order valence-corrected chi connectivity index (χ4v) is 2.42. The standard InChI is InChI=1S/C10H17BrCl2O/c11-9(6-12)10(7-13)14-5-1-2-8-3-4-8/h8-10H,1-7H2. The molecule has 1 fully saturated rings. The second kappa shape index (κ2) is 7.32. The summed E-state index contributed by atoms with van der Waals surface area (Å²) in [5.41, 5.74) is 0. The van der Waals surface area contributed by atoms with Crippen molar-refractivity contribution in [3.8, 4) is 0 Å². The molecule has 1 aliphatic carbocycles. The molecule has 0 heterocycles. The van der Waals surface area contributed by atoms with Gasteiger partial charge in [0.15, 0.2) is 0 Å². The second-order valence-corrected chi connectivity index (χ2v) is 5.61. The van der Waals surface area contributed by atoms with Crippen LogP contribution in [0.25, 0.3) is 0 Å². The van der Waals surface area contributed by atoms with Crippen LogP contribution in [-0.4, -0.2) is 29.3 Å². The molecule has 2 atom stereocenters. The lowest BCUT2D eigenvalue weighted by atomic mass is 10.2. The van der Waals surface area contributed by atoms with Crippen molar-refractivity contribution in [3.05, 3.63) is 0 Å². The predicted molar refractivity (Wildman–Crippen MR) is 65.9 cm³/mol. The molecule has 0 spiro atoms. The van der Waals surface area contributed by atoms with Crippen molar-refractivity contribution >= 4 is 39.1 Å². The van der Waals surface area contributed by atoms with Crippen molar-refractivity contribution in [1.29, 1.82) is 0 Å². The van der Waals surface area contributed by atoms with Crippen LogP contribution >= 0.6 is 39.1 Å². The average Bonchev–Trinajstić information content (AvgIpc) is 3.01. The highest BCUT2D eigenvalue weighted by atomic mass is 79.9. The summed E-state index contributed by atoms with van der Waals surface area (Å²) in [5, 5.41) is 0. The molecular weight excluding hydrogens is 287 g/mol. The molecule has 0 radical (unpaired) electrons. The molecule has 0 aromatic rings. The molecule has 1 saturated carbocycles. The Balaban J connectivity index is 2.00. The molecule has 0 saturated heterocycles. The number of ether oxygens (including phenoxy) is 1. The molecule has 0 aliphatic heterocycles. The van der Waals surface area contributed by atoms with E-state index in [1.807, 2.05) is 0 Å². The summed E-state index contributed by atoms with van der Waals surface area (Å²) < 4.78 is 5.66. The van der Waals surface area contributed by atoms with Crippen LogP contribution in [0.4, 0.5) is 0 Å². The Labute approximate surface area is 105 Å². The van der Waals surface area contributed by atoms with Crippen molar-refractivity contribution in [2.24, 2.45) is 5.92 Å². The van der Waals surface area contributed by atoms with E-state index in [9.17, 15) is 0 Å². The first-order valence-electron chi connectivity index (χ1n) is 5.15. The zero-order chi connectivity index (χ0) is 10.4. The van der Waals surface area contributed by atoms with Gasteiger partial charge >= 0.3 is 0 Å². The molecule has 84 valence electrons. The average molecular weight is 304 g/mol. The van der Waals surface area contributed by atoms with Gasteiger partial charge in [0.1, 0.15) is 0 Å². The lowest BCUT2D eigenvalue weighted by Crippen LogP contribution is -2.27. The van der Waals surface area contributed by atoms with Crippen LogP contribution in [0.2, 0.25) is 0 Å². The molecule has 0 amide bonds. The lowest BCUT2D eigenvalue weighted by Gasteiger charge is -2.18. The molecule has 4 heteroatoms. The predicted octanol–water partition coefficient (Wildman–Crippen LogP) is 3.80. The zero-order valence-electron chi connectivity index (χ0n) is 8.22. The Morgan fingerprint density at radius 3 is 2.50 bits per heavy atom. The molecule has 2 unspecified atom stereocenters. The number of hydrogen-bond donors (Lipinski definition) is 0. The van der Waals surface area contributed by atoms with Gasteiger partial charge in [-0.05, 0) is 18.8 Å². The smallest absolute Gasteiger partial charge is 0.0846 e. The molecular formula is C10H17BrCl2O. The van der Waals surface area contributed by atoms with E-state index >= 15 is 0 Å². The van der Waals surface area contributed by atoms with Gasteiger partial charge in [0, 0.05) is 18.4 Å². The van der Waals surface area contributed by atoms with Gasteiger partial charge in [-0.1, -0.05) is 28.8 Å². The molecule has 1 rings (SSSR count). The fourth-order valence-electron chi connectivity index (χ4n) is 1.36. The van der Waals surface area contributed by atoms with E-state index in [1.54, 1.807) is 0 Å². The van der Waals surface area contributed by atoms with E-state index < -0.39 is 0 Å². The Kier molecular flexibility index (Phi) is 6.84. The minimum Gasteiger partial charge on any atom is -0.376 e. The van der Waals surface area contributed by atoms with Crippen molar-refractivity contribution in [2.75, 3.05) is 18.4 Å². The summed E-state index contributed by atoms with van der Waals surface area (Å²) >= 11 is 15.0. The van der Waals surface area contributed by atoms with E-state index in [0.717, 1.165) is 18.9 Å². The van der Waals surface area contributed by atoms with E-state index in [4.69, 9.17) is 27.9 Å². The molecule has 1 aliphatic rings. The minimum absolute atomic E-state index is 0.0494. The molecule has 0 aromatic heterocycles. The maximum atomic E-state index is 5.78. The highest BCUT2D eigenvalue weighted by molar-refractivity contribution is 9.09. The van der Waals surface area contributed by atoms with Crippen molar-refractivity contribution in [2.45, 2.75) is 36.6 Å².